The lowest BCUT2D eigenvalue weighted by molar-refractivity contribution is -0.121. The number of ether oxygens (including phenoxy) is 1. The molecule has 3 aromatic carbocycles. The first kappa shape index (κ1) is 26.5. The summed E-state index contributed by atoms with van der Waals surface area (Å²) in [6.45, 7) is 2.62. The summed E-state index contributed by atoms with van der Waals surface area (Å²) in [6, 6.07) is 19.3. The molecule has 37 heavy (non-hydrogen) atoms. The van der Waals surface area contributed by atoms with Gasteiger partial charge in [0.2, 0.25) is 0 Å². The molecular weight excluding hydrogens is 511 g/mol. The number of rotatable bonds is 9. The normalized spacial score (nSPS) is 13.8. The monoisotopic (exact) mass is 536 g/mol. The van der Waals surface area contributed by atoms with Crippen LogP contribution >= 0.6 is 23.2 Å². The third kappa shape index (κ3) is 5.87. The maximum Gasteiger partial charge on any atom is 0.343 e. The minimum Gasteiger partial charge on any atom is -0.490 e. The molecule has 0 aliphatic carbocycles. The zero-order valence-corrected chi connectivity index (χ0v) is 21.8. The molecule has 0 unspecified atom stereocenters. The second kappa shape index (κ2) is 12.1. The highest BCUT2D eigenvalue weighted by atomic mass is 35.5. The minimum atomic E-state index is -0.757. The number of urea groups is 1. The van der Waals surface area contributed by atoms with Crippen molar-refractivity contribution in [3.8, 4) is 5.75 Å². The lowest BCUT2D eigenvalue weighted by atomic mass is 10.0. The number of carbonyl (C=O) groups excluding carboxylic acids is 3. The maximum atomic E-state index is 13.5. The van der Waals surface area contributed by atoms with Crippen LogP contribution in [0.5, 0.6) is 5.75 Å². The van der Waals surface area contributed by atoms with Crippen LogP contribution < -0.4 is 14.5 Å². The Labute approximate surface area is 226 Å². The van der Waals surface area contributed by atoms with E-state index >= 15 is 0 Å². The van der Waals surface area contributed by atoms with Crippen molar-refractivity contribution in [3.05, 3.63) is 94.0 Å². The molecule has 0 bridgehead atoms. The highest BCUT2D eigenvalue weighted by molar-refractivity contribution is 6.46. The van der Waals surface area contributed by atoms with Gasteiger partial charge in [-0.05, 0) is 54.5 Å². The molecule has 1 saturated heterocycles. The van der Waals surface area contributed by atoms with Crippen LogP contribution in [-0.2, 0) is 9.59 Å². The van der Waals surface area contributed by atoms with E-state index in [0.29, 0.717) is 29.3 Å². The number of benzene rings is 3. The third-order valence-electron chi connectivity index (χ3n) is 5.85. The second-order valence-electron chi connectivity index (χ2n) is 8.52. The maximum absolute atomic E-state index is 13.5. The van der Waals surface area contributed by atoms with Crippen LogP contribution in [0.4, 0.5) is 16.2 Å². The van der Waals surface area contributed by atoms with Crippen LogP contribution in [0.3, 0.4) is 0 Å². The van der Waals surface area contributed by atoms with Gasteiger partial charge in [0, 0.05) is 0 Å². The predicted molar refractivity (Wildman–Crippen MR) is 147 cm³/mol. The van der Waals surface area contributed by atoms with Gasteiger partial charge in [0.15, 0.2) is 5.75 Å². The molecule has 0 saturated carbocycles. The van der Waals surface area contributed by atoms with Crippen LogP contribution in [0, 0.1) is 0 Å². The number of hydrogen-bond acceptors (Lipinski definition) is 4. The van der Waals surface area contributed by atoms with Crippen molar-refractivity contribution in [3.63, 3.8) is 0 Å². The van der Waals surface area contributed by atoms with Gasteiger partial charge in [0.25, 0.3) is 11.8 Å². The molecule has 0 N–H and O–H groups in total. The zero-order chi connectivity index (χ0) is 26.4. The highest BCUT2D eigenvalue weighted by Crippen LogP contribution is 2.36. The largest absolute Gasteiger partial charge is 0.490 e. The van der Waals surface area contributed by atoms with E-state index in [1.54, 1.807) is 72.8 Å². The van der Waals surface area contributed by atoms with E-state index < -0.39 is 17.8 Å². The summed E-state index contributed by atoms with van der Waals surface area (Å²) in [5.74, 6) is -1.12. The van der Waals surface area contributed by atoms with Gasteiger partial charge in [-0.2, -0.15) is 0 Å². The van der Waals surface area contributed by atoms with Gasteiger partial charge >= 0.3 is 6.03 Å². The Bertz CT molecular complexity index is 1240. The molecule has 4 amide bonds. The van der Waals surface area contributed by atoms with Crippen molar-refractivity contribution in [2.24, 2.45) is 0 Å². The van der Waals surface area contributed by atoms with Gasteiger partial charge in [-0.25, -0.2) is 14.6 Å². The number of hydrogen-bond donors (Lipinski definition) is 0. The SMILES string of the molecule is CCCCCCOc1c(Cl)cc(C=C2C(=O)N(c3ccccc3)C(=O)N(c3ccccc3)C2=O)cc1Cl. The summed E-state index contributed by atoms with van der Waals surface area (Å²) in [6.07, 6.45) is 5.58. The van der Waals surface area contributed by atoms with E-state index in [2.05, 4.69) is 6.92 Å². The molecule has 0 atom stereocenters. The fourth-order valence-corrected chi connectivity index (χ4v) is 4.62. The quantitative estimate of drug-likeness (QED) is 0.161. The molecule has 190 valence electrons. The molecule has 1 fully saturated rings. The Hall–Kier alpha value is -3.61. The predicted octanol–water partition coefficient (Wildman–Crippen LogP) is 7.54. The number of halogens is 2. The van der Waals surface area contributed by atoms with E-state index in [0.717, 1.165) is 35.5 Å². The summed E-state index contributed by atoms with van der Waals surface area (Å²) < 4.78 is 5.79. The van der Waals surface area contributed by atoms with Gasteiger partial charge in [-0.15, -0.1) is 0 Å². The Morgan fingerprint density at radius 2 is 1.27 bits per heavy atom. The molecule has 4 rings (SSSR count). The number of unbranched alkanes of at least 4 members (excludes halogenated alkanes) is 3. The average Bonchev–Trinajstić information content (AvgIpc) is 2.89. The number of para-hydroxylation sites is 2. The summed E-state index contributed by atoms with van der Waals surface area (Å²) in [4.78, 5) is 42.3. The third-order valence-corrected chi connectivity index (χ3v) is 6.42. The molecule has 6 nitrogen and oxygen atoms in total. The number of barbiturate groups is 1. The summed E-state index contributed by atoms with van der Waals surface area (Å²) in [7, 11) is 0. The number of imide groups is 2. The molecule has 1 heterocycles. The number of amides is 4. The molecule has 8 heteroatoms. The van der Waals surface area contributed by atoms with Gasteiger partial charge in [-0.1, -0.05) is 85.8 Å². The summed E-state index contributed by atoms with van der Waals surface area (Å²) in [5.41, 5.74) is 0.924. The number of nitrogens with zero attached hydrogens (tertiary/aromatic N) is 2. The Balaban J connectivity index is 1.70. The van der Waals surface area contributed by atoms with E-state index in [-0.39, 0.29) is 15.6 Å². The molecule has 0 radical (unpaired) electrons. The Kier molecular flexibility index (Phi) is 8.64. The first-order valence-corrected chi connectivity index (χ1v) is 12.8. The van der Waals surface area contributed by atoms with Crippen molar-refractivity contribution < 1.29 is 19.1 Å². The molecule has 0 aromatic heterocycles. The van der Waals surface area contributed by atoms with Gasteiger partial charge < -0.3 is 4.74 Å². The van der Waals surface area contributed by atoms with Crippen LogP contribution in [0.2, 0.25) is 10.0 Å². The average molecular weight is 537 g/mol. The number of carbonyl (C=O) groups is 3. The Morgan fingerprint density at radius 3 is 1.76 bits per heavy atom. The lowest BCUT2D eigenvalue weighted by Crippen LogP contribution is -2.57. The van der Waals surface area contributed by atoms with Crippen molar-refractivity contribution in [1.82, 2.24) is 0 Å². The van der Waals surface area contributed by atoms with Crippen molar-refractivity contribution >= 4 is 58.5 Å². The molecule has 1 aliphatic heterocycles. The standard InChI is InChI=1S/C29H26Cl2N2O4/c1-2-3-4-11-16-37-26-24(30)18-20(19-25(26)31)17-23-27(34)32(21-12-7-5-8-13-21)29(36)33(28(23)35)22-14-9-6-10-15-22/h5-10,12-15,17-19H,2-4,11,16H2,1H3. The molecule has 0 spiro atoms. The smallest absolute Gasteiger partial charge is 0.343 e. The first-order chi connectivity index (χ1) is 17.9. The molecule has 1 aliphatic rings. The fourth-order valence-electron chi connectivity index (χ4n) is 4.01. The topological polar surface area (TPSA) is 66.9 Å². The fraction of sp³-hybridized carbons (Fsp3) is 0.207. The van der Waals surface area contributed by atoms with Crippen molar-refractivity contribution in [1.29, 1.82) is 0 Å². The van der Waals surface area contributed by atoms with Crippen LogP contribution in [0.15, 0.2) is 78.4 Å². The minimum absolute atomic E-state index is 0.201. The first-order valence-electron chi connectivity index (χ1n) is 12.1. The van der Waals surface area contributed by atoms with E-state index in [4.69, 9.17) is 27.9 Å². The van der Waals surface area contributed by atoms with E-state index in [1.165, 1.54) is 6.08 Å². The second-order valence-corrected chi connectivity index (χ2v) is 9.33. The van der Waals surface area contributed by atoms with Crippen LogP contribution in [0.1, 0.15) is 38.2 Å². The van der Waals surface area contributed by atoms with Crippen LogP contribution in [0.25, 0.3) is 6.08 Å². The van der Waals surface area contributed by atoms with Gasteiger partial charge in [0.05, 0.1) is 28.0 Å². The number of anilines is 2. The Morgan fingerprint density at radius 1 is 0.757 bits per heavy atom. The van der Waals surface area contributed by atoms with E-state index in [9.17, 15) is 14.4 Å². The lowest BCUT2D eigenvalue weighted by Gasteiger charge is -2.33. The molecule has 3 aromatic rings. The van der Waals surface area contributed by atoms with E-state index in [1.807, 2.05) is 0 Å². The molecular formula is C29H26Cl2N2O4. The van der Waals surface area contributed by atoms with Crippen LogP contribution in [-0.4, -0.2) is 24.5 Å². The highest BCUT2D eigenvalue weighted by Gasteiger charge is 2.43. The van der Waals surface area contributed by atoms with Crippen molar-refractivity contribution in [2.45, 2.75) is 32.6 Å². The summed E-state index contributed by atoms with van der Waals surface area (Å²) in [5, 5.41) is 0.530. The zero-order valence-electron chi connectivity index (χ0n) is 20.3. The van der Waals surface area contributed by atoms with Gasteiger partial charge in [-0.3, -0.25) is 9.59 Å². The summed E-state index contributed by atoms with van der Waals surface area (Å²) >= 11 is 12.9. The van der Waals surface area contributed by atoms with Gasteiger partial charge in [0.1, 0.15) is 5.57 Å². The van der Waals surface area contributed by atoms with Crippen molar-refractivity contribution in [2.75, 3.05) is 16.4 Å².